The number of nitrogens with one attached hydrogen (secondary N) is 2. The molecule has 3 amide bonds. The van der Waals surface area contributed by atoms with Gasteiger partial charge < -0.3 is 22.1 Å². The van der Waals surface area contributed by atoms with Crippen LogP contribution in [-0.4, -0.2) is 40.8 Å². The molecular weight excluding hydrogens is 366 g/mol. The first-order chi connectivity index (χ1) is 12.7. The summed E-state index contributed by atoms with van der Waals surface area (Å²) < 4.78 is 1.00. The monoisotopic (exact) mass is 391 g/mol. The van der Waals surface area contributed by atoms with Crippen molar-refractivity contribution in [3.63, 3.8) is 0 Å². The van der Waals surface area contributed by atoms with Crippen molar-refractivity contribution < 1.29 is 14.4 Å². The van der Waals surface area contributed by atoms with E-state index in [1.54, 1.807) is 0 Å². The number of carbonyl (C=O) groups excluding carboxylic acids is 3. The summed E-state index contributed by atoms with van der Waals surface area (Å²) in [5, 5.41) is 5.96. The van der Waals surface area contributed by atoms with Crippen molar-refractivity contribution in [1.82, 2.24) is 15.6 Å². The topological polar surface area (TPSA) is 140 Å². The van der Waals surface area contributed by atoms with Crippen molar-refractivity contribution in [3.05, 3.63) is 29.3 Å². The summed E-state index contributed by atoms with van der Waals surface area (Å²) in [7, 11) is 0. The number of benzene rings is 1. The molecule has 0 bridgehead atoms. The SMILES string of the molecule is CC(C)(NC(=O)[C@H](CCCN)NC(=O)Cc1nc2ccccc2s1)C(N)=O. The van der Waals surface area contributed by atoms with E-state index < -0.39 is 23.4 Å². The largest absolute Gasteiger partial charge is 0.368 e. The third-order valence-corrected chi connectivity index (χ3v) is 5.09. The molecule has 146 valence electrons. The van der Waals surface area contributed by atoms with Gasteiger partial charge in [0.2, 0.25) is 17.7 Å². The van der Waals surface area contributed by atoms with E-state index in [2.05, 4.69) is 15.6 Å². The minimum absolute atomic E-state index is 0.0744. The van der Waals surface area contributed by atoms with Gasteiger partial charge in [0.25, 0.3) is 0 Å². The zero-order chi connectivity index (χ0) is 20.0. The number of fused-ring (bicyclic) bond motifs is 1. The van der Waals surface area contributed by atoms with Crippen molar-refractivity contribution >= 4 is 39.3 Å². The van der Waals surface area contributed by atoms with Gasteiger partial charge in [0, 0.05) is 0 Å². The van der Waals surface area contributed by atoms with Crippen LogP contribution in [0.15, 0.2) is 24.3 Å². The van der Waals surface area contributed by atoms with Gasteiger partial charge in [-0.1, -0.05) is 12.1 Å². The van der Waals surface area contributed by atoms with Crippen LogP contribution in [0.2, 0.25) is 0 Å². The first-order valence-electron chi connectivity index (χ1n) is 8.68. The highest BCUT2D eigenvalue weighted by atomic mass is 32.1. The maximum atomic E-state index is 12.5. The molecule has 1 atom stereocenters. The summed E-state index contributed by atoms with van der Waals surface area (Å²) >= 11 is 1.44. The smallest absolute Gasteiger partial charge is 0.243 e. The maximum Gasteiger partial charge on any atom is 0.243 e. The number of thiazole rings is 1. The third-order valence-electron chi connectivity index (χ3n) is 4.05. The van der Waals surface area contributed by atoms with Gasteiger partial charge in [-0.25, -0.2) is 4.98 Å². The van der Waals surface area contributed by atoms with Gasteiger partial charge in [0.15, 0.2) is 0 Å². The summed E-state index contributed by atoms with van der Waals surface area (Å²) in [6.45, 7) is 3.41. The van der Waals surface area contributed by atoms with Crippen molar-refractivity contribution in [2.75, 3.05) is 6.54 Å². The Kier molecular flexibility index (Phi) is 6.86. The highest BCUT2D eigenvalue weighted by Crippen LogP contribution is 2.21. The van der Waals surface area contributed by atoms with Gasteiger partial charge in [0.1, 0.15) is 16.6 Å². The fourth-order valence-corrected chi connectivity index (χ4v) is 3.39. The van der Waals surface area contributed by atoms with Crippen molar-refractivity contribution in [3.8, 4) is 0 Å². The standard InChI is InChI=1S/C18H25N5O3S/c1-18(2,17(20)26)23-16(25)12(7-5-9-19)21-14(24)10-15-22-11-6-3-4-8-13(11)27-15/h3-4,6,8,12H,5,7,9-10,19H2,1-2H3,(H2,20,26)(H,21,24)(H,23,25)/t12-/m0/s1. The molecular formula is C18H25N5O3S. The predicted octanol–water partition coefficient (Wildman–Crippen LogP) is 0.443. The predicted molar refractivity (Wildman–Crippen MR) is 105 cm³/mol. The van der Waals surface area contributed by atoms with E-state index in [4.69, 9.17) is 11.5 Å². The molecule has 1 aromatic carbocycles. The maximum absolute atomic E-state index is 12.5. The van der Waals surface area contributed by atoms with Crippen molar-refractivity contribution in [1.29, 1.82) is 0 Å². The number of rotatable bonds is 9. The number of nitrogens with two attached hydrogens (primary N) is 2. The quantitative estimate of drug-likeness (QED) is 0.491. The van der Waals surface area contributed by atoms with Crippen LogP contribution >= 0.6 is 11.3 Å². The molecule has 0 aliphatic carbocycles. The molecule has 0 saturated heterocycles. The number of para-hydroxylation sites is 1. The minimum atomic E-state index is -1.21. The molecule has 2 aromatic rings. The molecule has 0 saturated carbocycles. The van der Waals surface area contributed by atoms with E-state index in [9.17, 15) is 14.4 Å². The number of amides is 3. The average molecular weight is 391 g/mol. The molecule has 8 nitrogen and oxygen atoms in total. The van der Waals surface area contributed by atoms with Gasteiger partial charge in [-0.2, -0.15) is 0 Å². The third kappa shape index (κ3) is 5.73. The van der Waals surface area contributed by atoms with Crippen LogP contribution in [0.5, 0.6) is 0 Å². The highest BCUT2D eigenvalue weighted by molar-refractivity contribution is 7.18. The molecule has 0 unspecified atom stereocenters. The van der Waals surface area contributed by atoms with Crippen molar-refractivity contribution in [2.24, 2.45) is 11.5 Å². The Bertz CT molecular complexity index is 800. The lowest BCUT2D eigenvalue weighted by Crippen LogP contribution is -2.58. The number of aromatic nitrogens is 1. The van der Waals surface area contributed by atoms with E-state index >= 15 is 0 Å². The van der Waals surface area contributed by atoms with Crippen LogP contribution in [0.25, 0.3) is 10.2 Å². The number of hydrogen-bond donors (Lipinski definition) is 4. The summed E-state index contributed by atoms with van der Waals surface area (Å²) in [6, 6.07) is 6.83. The lowest BCUT2D eigenvalue weighted by molar-refractivity contribution is -0.133. The molecule has 0 radical (unpaired) electrons. The fourth-order valence-electron chi connectivity index (χ4n) is 2.43. The Morgan fingerprint density at radius 2 is 1.96 bits per heavy atom. The fraction of sp³-hybridized carbons (Fsp3) is 0.444. The van der Waals surface area contributed by atoms with Gasteiger partial charge in [-0.05, 0) is 45.4 Å². The van der Waals surface area contributed by atoms with Crippen molar-refractivity contribution in [2.45, 2.75) is 44.7 Å². The Morgan fingerprint density at radius 3 is 2.59 bits per heavy atom. The highest BCUT2D eigenvalue weighted by Gasteiger charge is 2.30. The Hall–Kier alpha value is -2.52. The number of carbonyl (C=O) groups is 3. The van der Waals surface area contributed by atoms with Crippen LogP contribution < -0.4 is 22.1 Å². The molecule has 9 heteroatoms. The lowest BCUT2D eigenvalue weighted by atomic mass is 10.0. The molecule has 1 aromatic heterocycles. The summed E-state index contributed by atoms with van der Waals surface area (Å²) in [6.07, 6.45) is 0.990. The number of hydrogen-bond acceptors (Lipinski definition) is 6. The summed E-state index contributed by atoms with van der Waals surface area (Å²) in [4.78, 5) is 40.8. The second kappa shape index (κ2) is 8.92. The second-order valence-electron chi connectivity index (χ2n) is 6.78. The van der Waals surface area contributed by atoms with E-state index in [0.29, 0.717) is 24.4 Å². The van der Waals surface area contributed by atoms with Crippen LogP contribution in [0.4, 0.5) is 0 Å². The zero-order valence-corrected chi connectivity index (χ0v) is 16.3. The number of nitrogens with zero attached hydrogens (tertiary/aromatic N) is 1. The first kappa shape index (κ1) is 20.8. The molecule has 27 heavy (non-hydrogen) atoms. The van der Waals surface area contributed by atoms with Gasteiger partial charge >= 0.3 is 0 Å². The average Bonchev–Trinajstić information content (AvgIpc) is 2.99. The summed E-state index contributed by atoms with van der Waals surface area (Å²) in [5.41, 5.74) is 10.4. The molecule has 0 fully saturated rings. The lowest BCUT2D eigenvalue weighted by Gasteiger charge is -2.26. The van der Waals surface area contributed by atoms with E-state index in [1.165, 1.54) is 25.2 Å². The van der Waals surface area contributed by atoms with Crippen LogP contribution in [0.1, 0.15) is 31.7 Å². The van der Waals surface area contributed by atoms with E-state index in [1.807, 2.05) is 24.3 Å². The molecule has 2 rings (SSSR count). The molecule has 0 spiro atoms. The van der Waals surface area contributed by atoms with Gasteiger partial charge in [-0.3, -0.25) is 14.4 Å². The Balaban J connectivity index is 2.04. The minimum Gasteiger partial charge on any atom is -0.368 e. The van der Waals surface area contributed by atoms with Crippen LogP contribution in [0.3, 0.4) is 0 Å². The van der Waals surface area contributed by atoms with E-state index in [-0.39, 0.29) is 12.3 Å². The number of primary amides is 1. The molecule has 0 aliphatic rings. The Labute approximate surface area is 161 Å². The summed E-state index contributed by atoms with van der Waals surface area (Å²) in [5.74, 6) is -1.44. The second-order valence-corrected chi connectivity index (χ2v) is 7.90. The first-order valence-corrected chi connectivity index (χ1v) is 9.50. The molecule has 6 N–H and O–H groups in total. The zero-order valence-electron chi connectivity index (χ0n) is 15.5. The van der Waals surface area contributed by atoms with Gasteiger partial charge in [0.05, 0.1) is 16.6 Å². The van der Waals surface area contributed by atoms with Gasteiger partial charge in [-0.15, -0.1) is 11.3 Å². The molecule has 0 aliphatic heterocycles. The molecule has 1 heterocycles. The van der Waals surface area contributed by atoms with E-state index in [0.717, 1.165) is 10.2 Å². The Morgan fingerprint density at radius 1 is 1.26 bits per heavy atom. The normalized spacial score (nSPS) is 12.6. The van der Waals surface area contributed by atoms with Crippen LogP contribution in [-0.2, 0) is 20.8 Å². The van der Waals surface area contributed by atoms with Crippen LogP contribution in [0, 0.1) is 0 Å².